The first-order valence-corrected chi connectivity index (χ1v) is 12.2. The third-order valence-corrected chi connectivity index (χ3v) is 6.68. The standard InChI is InChI=1S/C26H27N3O4S/c1-3-18-33-23-16-14-21(15-17-23)19-27-28-26(30)20-29(25-13-9-8-10-22(25)4-2)34(31,32)24-11-6-5-7-12-24/h3,5-17,19H,1,4,18,20H2,2H3,(H,28,30)/b27-19-. The van der Waals surface area contributed by atoms with Gasteiger partial charge in [0, 0.05) is 0 Å². The summed E-state index contributed by atoms with van der Waals surface area (Å²) in [4.78, 5) is 12.8. The number of aryl methyl sites for hydroxylation is 1. The number of carbonyl (C=O) groups excluding carboxylic acids is 1. The van der Waals surface area contributed by atoms with Crippen molar-refractivity contribution in [1.82, 2.24) is 5.43 Å². The van der Waals surface area contributed by atoms with Gasteiger partial charge in [-0.05, 0) is 60.0 Å². The second kappa shape index (κ2) is 11.8. The lowest BCUT2D eigenvalue weighted by Gasteiger charge is -2.25. The Morgan fingerprint density at radius 1 is 1.03 bits per heavy atom. The number of benzene rings is 3. The molecule has 0 atom stereocenters. The number of rotatable bonds is 11. The topological polar surface area (TPSA) is 88.1 Å². The lowest BCUT2D eigenvalue weighted by Crippen LogP contribution is -2.40. The first kappa shape index (κ1) is 24.7. The summed E-state index contributed by atoms with van der Waals surface area (Å²) in [6, 6.07) is 22.3. The van der Waals surface area contributed by atoms with E-state index in [1.54, 1.807) is 60.7 Å². The molecule has 0 aromatic heterocycles. The van der Waals surface area contributed by atoms with Crippen molar-refractivity contribution in [1.29, 1.82) is 0 Å². The van der Waals surface area contributed by atoms with Crippen LogP contribution < -0.4 is 14.5 Å². The van der Waals surface area contributed by atoms with Crippen LogP contribution in [-0.4, -0.2) is 33.7 Å². The SMILES string of the molecule is C=CCOc1ccc(/C=N\NC(=O)CN(c2ccccc2CC)S(=O)(=O)c2ccccc2)cc1. The number of sulfonamides is 1. The third kappa shape index (κ3) is 6.32. The molecular formula is C26H27N3O4S. The summed E-state index contributed by atoms with van der Waals surface area (Å²) in [6.45, 7) is 5.53. The summed E-state index contributed by atoms with van der Waals surface area (Å²) < 4.78 is 33.4. The number of hydrazone groups is 1. The number of amides is 1. The Hall–Kier alpha value is -3.91. The molecule has 1 N–H and O–H groups in total. The Labute approximate surface area is 200 Å². The molecule has 7 nitrogen and oxygen atoms in total. The van der Waals surface area contributed by atoms with Crippen LogP contribution in [0, 0.1) is 0 Å². The van der Waals surface area contributed by atoms with Crippen LogP contribution >= 0.6 is 0 Å². The van der Waals surface area contributed by atoms with Crippen LogP contribution in [0.15, 0.2) is 102 Å². The molecule has 3 aromatic rings. The number of ether oxygens (including phenoxy) is 1. The maximum atomic E-state index is 13.4. The minimum Gasteiger partial charge on any atom is -0.490 e. The Morgan fingerprint density at radius 2 is 1.71 bits per heavy atom. The molecule has 0 aliphatic rings. The average molecular weight is 478 g/mol. The highest BCUT2D eigenvalue weighted by Crippen LogP contribution is 2.27. The van der Waals surface area contributed by atoms with Gasteiger partial charge in [-0.25, -0.2) is 13.8 Å². The lowest BCUT2D eigenvalue weighted by atomic mass is 10.1. The fraction of sp³-hybridized carbons (Fsp3) is 0.154. The molecule has 8 heteroatoms. The molecule has 176 valence electrons. The van der Waals surface area contributed by atoms with Gasteiger partial charge in [0.2, 0.25) is 0 Å². The molecule has 34 heavy (non-hydrogen) atoms. The van der Waals surface area contributed by atoms with E-state index in [4.69, 9.17) is 4.74 Å². The van der Waals surface area contributed by atoms with Gasteiger partial charge >= 0.3 is 0 Å². The van der Waals surface area contributed by atoms with Crippen LogP contribution in [0.4, 0.5) is 5.69 Å². The Morgan fingerprint density at radius 3 is 2.38 bits per heavy atom. The van der Waals surface area contributed by atoms with E-state index in [1.807, 2.05) is 19.1 Å². The second-order valence-corrected chi connectivity index (χ2v) is 9.13. The molecule has 0 aliphatic carbocycles. The third-order valence-electron chi connectivity index (χ3n) is 4.91. The van der Waals surface area contributed by atoms with Gasteiger partial charge in [0.15, 0.2) is 0 Å². The van der Waals surface area contributed by atoms with E-state index >= 15 is 0 Å². The highest BCUT2D eigenvalue weighted by molar-refractivity contribution is 7.92. The first-order chi connectivity index (χ1) is 16.5. The normalized spacial score (nSPS) is 11.2. The molecule has 1 amide bonds. The molecular weight excluding hydrogens is 450 g/mol. The zero-order chi connectivity index (χ0) is 24.4. The van der Waals surface area contributed by atoms with E-state index in [2.05, 4.69) is 17.1 Å². The van der Waals surface area contributed by atoms with Crippen molar-refractivity contribution in [2.45, 2.75) is 18.2 Å². The van der Waals surface area contributed by atoms with Crippen LogP contribution in [0.1, 0.15) is 18.1 Å². The van der Waals surface area contributed by atoms with E-state index in [0.29, 0.717) is 24.5 Å². The van der Waals surface area contributed by atoms with Gasteiger partial charge in [-0.15, -0.1) is 0 Å². The van der Waals surface area contributed by atoms with E-state index in [9.17, 15) is 13.2 Å². The Balaban J connectivity index is 1.78. The van der Waals surface area contributed by atoms with Crippen molar-refractivity contribution in [3.05, 3.63) is 103 Å². The predicted octanol–water partition coefficient (Wildman–Crippen LogP) is 4.16. The Bertz CT molecular complexity index is 1240. The number of nitrogens with zero attached hydrogens (tertiary/aromatic N) is 2. The van der Waals surface area contributed by atoms with Crippen molar-refractivity contribution >= 4 is 27.8 Å². The molecule has 0 aliphatic heterocycles. The summed E-state index contributed by atoms with van der Waals surface area (Å²) in [5, 5.41) is 3.97. The fourth-order valence-electron chi connectivity index (χ4n) is 3.22. The van der Waals surface area contributed by atoms with Gasteiger partial charge in [0.05, 0.1) is 16.8 Å². The van der Waals surface area contributed by atoms with E-state index < -0.39 is 22.5 Å². The van der Waals surface area contributed by atoms with Crippen LogP contribution in [-0.2, 0) is 21.2 Å². The van der Waals surface area contributed by atoms with Gasteiger partial charge in [-0.3, -0.25) is 9.10 Å². The smallest absolute Gasteiger partial charge is 0.264 e. The van der Waals surface area contributed by atoms with Crippen molar-refractivity contribution < 1.29 is 17.9 Å². The number of carbonyl (C=O) groups is 1. The molecule has 0 bridgehead atoms. The Kier molecular flexibility index (Phi) is 8.59. The number of hydrogen-bond donors (Lipinski definition) is 1. The molecule has 0 spiro atoms. The summed E-state index contributed by atoms with van der Waals surface area (Å²) in [5.74, 6) is 0.130. The van der Waals surface area contributed by atoms with Gasteiger partial charge < -0.3 is 4.74 Å². The molecule has 0 saturated carbocycles. The number of para-hydroxylation sites is 1. The zero-order valence-electron chi connectivity index (χ0n) is 18.9. The van der Waals surface area contributed by atoms with Crippen molar-refractivity contribution in [2.24, 2.45) is 5.10 Å². The van der Waals surface area contributed by atoms with E-state index in [0.717, 1.165) is 15.4 Å². The number of nitrogens with one attached hydrogen (secondary N) is 1. The largest absolute Gasteiger partial charge is 0.490 e. The van der Waals surface area contributed by atoms with E-state index in [-0.39, 0.29) is 4.90 Å². The molecule has 0 unspecified atom stereocenters. The van der Waals surface area contributed by atoms with Gasteiger partial charge in [-0.2, -0.15) is 5.10 Å². The van der Waals surface area contributed by atoms with Crippen LogP contribution in [0.2, 0.25) is 0 Å². The van der Waals surface area contributed by atoms with Gasteiger partial charge in [0.25, 0.3) is 15.9 Å². The molecule has 0 saturated heterocycles. The summed E-state index contributed by atoms with van der Waals surface area (Å²) in [7, 11) is -3.97. The second-order valence-electron chi connectivity index (χ2n) is 7.27. The monoisotopic (exact) mass is 477 g/mol. The minimum absolute atomic E-state index is 0.107. The maximum Gasteiger partial charge on any atom is 0.264 e. The zero-order valence-corrected chi connectivity index (χ0v) is 19.7. The molecule has 0 heterocycles. The predicted molar refractivity (Wildman–Crippen MR) is 135 cm³/mol. The van der Waals surface area contributed by atoms with Gasteiger partial charge in [0.1, 0.15) is 18.9 Å². The number of hydrogen-bond acceptors (Lipinski definition) is 5. The summed E-state index contributed by atoms with van der Waals surface area (Å²) in [5.41, 5.74) is 4.45. The van der Waals surface area contributed by atoms with Crippen LogP contribution in [0.5, 0.6) is 5.75 Å². The fourth-order valence-corrected chi connectivity index (χ4v) is 4.70. The summed E-state index contributed by atoms with van der Waals surface area (Å²) in [6.07, 6.45) is 3.75. The van der Waals surface area contributed by atoms with Crippen molar-refractivity contribution in [3.8, 4) is 5.75 Å². The van der Waals surface area contributed by atoms with Crippen LogP contribution in [0.3, 0.4) is 0 Å². The molecule has 3 aromatic carbocycles. The van der Waals surface area contributed by atoms with Crippen molar-refractivity contribution in [3.63, 3.8) is 0 Å². The molecule has 3 rings (SSSR count). The quantitative estimate of drug-likeness (QED) is 0.255. The number of anilines is 1. The highest BCUT2D eigenvalue weighted by Gasteiger charge is 2.28. The van der Waals surface area contributed by atoms with E-state index in [1.165, 1.54) is 18.3 Å². The first-order valence-electron chi connectivity index (χ1n) is 10.8. The lowest BCUT2D eigenvalue weighted by molar-refractivity contribution is -0.119. The minimum atomic E-state index is -3.97. The average Bonchev–Trinajstić information content (AvgIpc) is 2.87. The summed E-state index contributed by atoms with van der Waals surface area (Å²) >= 11 is 0. The van der Waals surface area contributed by atoms with Crippen molar-refractivity contribution in [2.75, 3.05) is 17.5 Å². The molecule has 0 fully saturated rings. The highest BCUT2D eigenvalue weighted by atomic mass is 32.2. The molecule has 0 radical (unpaired) electrons. The van der Waals surface area contributed by atoms with Crippen LogP contribution in [0.25, 0.3) is 0 Å². The maximum absolute atomic E-state index is 13.4. The van der Waals surface area contributed by atoms with Gasteiger partial charge in [-0.1, -0.05) is 56.0 Å².